The summed E-state index contributed by atoms with van der Waals surface area (Å²) in [5, 5.41) is 5.02. The summed E-state index contributed by atoms with van der Waals surface area (Å²) >= 11 is 0. The van der Waals surface area contributed by atoms with E-state index in [-0.39, 0.29) is 11.8 Å². The molecule has 5 heteroatoms. The molecule has 1 aliphatic heterocycles. The molecule has 1 heterocycles. The molecule has 4 rings (SSSR count). The molecule has 0 bridgehead atoms. The normalized spacial score (nSPS) is 14.6. The van der Waals surface area contributed by atoms with E-state index in [9.17, 15) is 9.59 Å². The molecule has 1 saturated heterocycles. The van der Waals surface area contributed by atoms with Crippen LogP contribution < -0.4 is 5.32 Å². The van der Waals surface area contributed by atoms with Crippen LogP contribution in [0.25, 0.3) is 10.8 Å². The second-order valence-corrected chi connectivity index (χ2v) is 7.69. The molecule has 2 amide bonds. The molecule has 0 spiro atoms. The lowest BCUT2D eigenvalue weighted by atomic mass is 10.0. The number of piperazine rings is 1. The molecule has 0 radical (unpaired) electrons. The Morgan fingerprint density at radius 3 is 2.30 bits per heavy atom. The van der Waals surface area contributed by atoms with Gasteiger partial charge in [-0.25, -0.2) is 0 Å². The minimum Gasteiger partial charge on any atom is -0.336 e. The molecule has 1 aliphatic rings. The zero-order valence-corrected chi connectivity index (χ0v) is 17.3. The summed E-state index contributed by atoms with van der Waals surface area (Å²) in [6.45, 7) is 5.09. The van der Waals surface area contributed by atoms with Gasteiger partial charge in [-0.15, -0.1) is 0 Å². The van der Waals surface area contributed by atoms with E-state index in [1.54, 1.807) is 0 Å². The fourth-order valence-electron chi connectivity index (χ4n) is 3.92. The highest BCUT2D eigenvalue weighted by molar-refractivity contribution is 6.07. The summed E-state index contributed by atoms with van der Waals surface area (Å²) in [4.78, 5) is 29.4. The van der Waals surface area contributed by atoms with Gasteiger partial charge in [0, 0.05) is 37.4 Å². The molecule has 0 unspecified atom stereocenters. The van der Waals surface area contributed by atoms with Crippen LogP contribution in [-0.2, 0) is 11.2 Å². The Morgan fingerprint density at radius 1 is 0.867 bits per heavy atom. The summed E-state index contributed by atoms with van der Waals surface area (Å²) in [5.41, 5.74) is 2.82. The van der Waals surface area contributed by atoms with Crippen LogP contribution in [0.1, 0.15) is 22.8 Å². The maximum absolute atomic E-state index is 13.1. The predicted octanol–water partition coefficient (Wildman–Crippen LogP) is 3.80. The van der Waals surface area contributed by atoms with Gasteiger partial charge in [-0.3, -0.25) is 14.5 Å². The van der Waals surface area contributed by atoms with Crippen LogP contribution in [-0.4, -0.2) is 54.3 Å². The first-order chi connectivity index (χ1) is 14.6. The quantitative estimate of drug-likeness (QED) is 0.708. The molecule has 1 N–H and O–H groups in total. The van der Waals surface area contributed by atoms with Gasteiger partial charge in [0.2, 0.25) is 5.91 Å². The fraction of sp³-hybridized carbons (Fsp3) is 0.280. The highest BCUT2D eigenvalue weighted by Crippen LogP contribution is 2.20. The summed E-state index contributed by atoms with van der Waals surface area (Å²) in [6, 6.07) is 21.8. The Balaban J connectivity index is 1.32. The number of nitrogens with one attached hydrogen (secondary N) is 1. The van der Waals surface area contributed by atoms with Crippen LogP contribution in [0.2, 0.25) is 0 Å². The van der Waals surface area contributed by atoms with Gasteiger partial charge < -0.3 is 10.2 Å². The van der Waals surface area contributed by atoms with Crippen molar-refractivity contribution in [2.24, 2.45) is 0 Å². The number of anilines is 1. The van der Waals surface area contributed by atoms with Gasteiger partial charge in [0.15, 0.2) is 0 Å². The highest BCUT2D eigenvalue weighted by atomic mass is 16.2. The van der Waals surface area contributed by atoms with Crippen molar-refractivity contribution in [1.29, 1.82) is 0 Å². The highest BCUT2D eigenvalue weighted by Gasteiger charge is 2.24. The summed E-state index contributed by atoms with van der Waals surface area (Å²) in [6.07, 6.45) is 0.982. The summed E-state index contributed by atoms with van der Waals surface area (Å²) in [7, 11) is 0. The van der Waals surface area contributed by atoms with Crippen molar-refractivity contribution in [1.82, 2.24) is 9.80 Å². The molecule has 3 aromatic rings. The van der Waals surface area contributed by atoms with Crippen molar-refractivity contribution in [2.75, 3.05) is 38.0 Å². The third kappa shape index (κ3) is 4.52. The first-order valence-corrected chi connectivity index (χ1v) is 10.5. The SMILES string of the molecule is CCc1ccc(NC(=O)CN2CCN(C(=O)c3cccc4ccccc34)CC2)cc1. The van der Waals surface area contributed by atoms with E-state index in [2.05, 4.69) is 17.1 Å². The average Bonchev–Trinajstić information content (AvgIpc) is 2.79. The molecule has 154 valence electrons. The molecule has 0 aliphatic carbocycles. The van der Waals surface area contributed by atoms with Gasteiger partial charge >= 0.3 is 0 Å². The van der Waals surface area contributed by atoms with Crippen molar-refractivity contribution in [3.63, 3.8) is 0 Å². The molecule has 1 fully saturated rings. The molecule has 0 aromatic heterocycles. The monoisotopic (exact) mass is 401 g/mol. The Morgan fingerprint density at radius 2 is 1.57 bits per heavy atom. The number of hydrogen-bond acceptors (Lipinski definition) is 3. The van der Waals surface area contributed by atoms with Gasteiger partial charge in [-0.05, 0) is 41.0 Å². The van der Waals surface area contributed by atoms with E-state index in [0.29, 0.717) is 32.7 Å². The first-order valence-electron chi connectivity index (χ1n) is 10.5. The van der Waals surface area contributed by atoms with E-state index >= 15 is 0 Å². The van der Waals surface area contributed by atoms with Gasteiger partial charge in [-0.1, -0.05) is 55.5 Å². The minimum atomic E-state index is -0.0203. The Hall–Kier alpha value is -3.18. The zero-order chi connectivity index (χ0) is 20.9. The van der Waals surface area contributed by atoms with Gasteiger partial charge in [0.25, 0.3) is 5.91 Å². The standard InChI is InChI=1S/C25H27N3O2/c1-2-19-10-12-21(13-11-19)26-24(29)18-27-14-16-28(17-15-27)25(30)23-9-5-7-20-6-3-4-8-22(20)23/h3-13H,2,14-18H2,1H3,(H,26,29). The number of rotatable bonds is 5. The molecule has 5 nitrogen and oxygen atoms in total. The summed E-state index contributed by atoms with van der Waals surface area (Å²) < 4.78 is 0. The van der Waals surface area contributed by atoms with Crippen molar-refractivity contribution in [3.05, 3.63) is 77.9 Å². The van der Waals surface area contributed by atoms with E-state index < -0.39 is 0 Å². The van der Waals surface area contributed by atoms with Crippen LogP contribution in [0.3, 0.4) is 0 Å². The van der Waals surface area contributed by atoms with Crippen molar-refractivity contribution < 1.29 is 9.59 Å². The maximum atomic E-state index is 13.1. The number of amides is 2. The van der Waals surface area contributed by atoms with Gasteiger partial charge in [-0.2, -0.15) is 0 Å². The molecule has 0 atom stereocenters. The van der Waals surface area contributed by atoms with E-state index in [1.165, 1.54) is 5.56 Å². The van der Waals surface area contributed by atoms with Crippen LogP contribution in [0.5, 0.6) is 0 Å². The molecule has 30 heavy (non-hydrogen) atoms. The number of benzene rings is 3. The van der Waals surface area contributed by atoms with Crippen molar-refractivity contribution in [3.8, 4) is 0 Å². The fourth-order valence-corrected chi connectivity index (χ4v) is 3.92. The lowest BCUT2D eigenvalue weighted by Crippen LogP contribution is -2.50. The number of carbonyl (C=O) groups is 2. The Labute approximate surface area is 177 Å². The lowest BCUT2D eigenvalue weighted by Gasteiger charge is -2.34. The lowest BCUT2D eigenvalue weighted by molar-refractivity contribution is -0.117. The number of hydrogen-bond donors (Lipinski definition) is 1. The van der Waals surface area contributed by atoms with Gasteiger partial charge in [0.05, 0.1) is 6.54 Å². The van der Waals surface area contributed by atoms with E-state index in [1.807, 2.05) is 71.6 Å². The van der Waals surface area contributed by atoms with Crippen LogP contribution in [0, 0.1) is 0 Å². The second-order valence-electron chi connectivity index (χ2n) is 7.69. The van der Waals surface area contributed by atoms with Crippen LogP contribution in [0.4, 0.5) is 5.69 Å². The van der Waals surface area contributed by atoms with Crippen LogP contribution in [0.15, 0.2) is 66.7 Å². The van der Waals surface area contributed by atoms with E-state index in [0.717, 1.165) is 28.4 Å². The molecule has 3 aromatic carbocycles. The Kier molecular flexibility index (Phi) is 6.10. The summed E-state index contributed by atoms with van der Waals surface area (Å²) in [5.74, 6) is 0.0417. The Bertz CT molecular complexity index is 1030. The van der Waals surface area contributed by atoms with Crippen molar-refractivity contribution in [2.45, 2.75) is 13.3 Å². The third-order valence-corrected chi connectivity index (χ3v) is 5.69. The number of nitrogens with zero attached hydrogens (tertiary/aromatic N) is 2. The topological polar surface area (TPSA) is 52.7 Å². The second kappa shape index (κ2) is 9.09. The largest absolute Gasteiger partial charge is 0.336 e. The maximum Gasteiger partial charge on any atom is 0.254 e. The number of carbonyl (C=O) groups excluding carboxylic acids is 2. The molecular formula is C25H27N3O2. The number of fused-ring (bicyclic) bond motifs is 1. The van der Waals surface area contributed by atoms with Crippen molar-refractivity contribution >= 4 is 28.3 Å². The van der Waals surface area contributed by atoms with Gasteiger partial charge in [0.1, 0.15) is 0 Å². The average molecular weight is 402 g/mol. The third-order valence-electron chi connectivity index (χ3n) is 5.69. The minimum absolute atomic E-state index is 0.0203. The first kappa shape index (κ1) is 20.1. The molecule has 0 saturated carbocycles. The van der Waals surface area contributed by atoms with E-state index in [4.69, 9.17) is 0 Å². The number of aryl methyl sites for hydroxylation is 1. The zero-order valence-electron chi connectivity index (χ0n) is 17.3. The predicted molar refractivity (Wildman–Crippen MR) is 121 cm³/mol. The van der Waals surface area contributed by atoms with Crippen LogP contribution >= 0.6 is 0 Å². The molecular weight excluding hydrogens is 374 g/mol. The smallest absolute Gasteiger partial charge is 0.254 e.